The highest BCUT2D eigenvalue weighted by Gasteiger charge is 2.17. The van der Waals surface area contributed by atoms with Gasteiger partial charge in [0.2, 0.25) is 0 Å². The zero-order chi connectivity index (χ0) is 17.6. The van der Waals surface area contributed by atoms with Crippen molar-refractivity contribution < 1.29 is 0 Å². The molecule has 1 aromatic rings. The van der Waals surface area contributed by atoms with Crippen LogP contribution in [0.1, 0.15) is 51.7 Å². The Hall–Kier alpha value is -0.820. The van der Waals surface area contributed by atoms with Gasteiger partial charge in [-0.15, -0.1) is 24.0 Å². The minimum absolute atomic E-state index is 0. The molecule has 0 amide bonds. The normalized spacial score (nSPS) is 17.1. The van der Waals surface area contributed by atoms with Crippen LogP contribution in [-0.2, 0) is 13.1 Å². The maximum Gasteiger partial charge on any atom is 0.191 e. The monoisotopic (exact) mass is 458 g/mol. The molecule has 0 bridgehead atoms. The molecule has 0 radical (unpaired) electrons. The van der Waals surface area contributed by atoms with E-state index in [1.54, 1.807) is 0 Å². The first kappa shape index (κ1) is 22.2. The van der Waals surface area contributed by atoms with Gasteiger partial charge >= 0.3 is 0 Å². The molecule has 2 rings (SSSR count). The van der Waals surface area contributed by atoms with Gasteiger partial charge < -0.3 is 10.6 Å². The molecule has 0 saturated carbocycles. The van der Waals surface area contributed by atoms with Gasteiger partial charge in [-0.3, -0.25) is 9.89 Å². The van der Waals surface area contributed by atoms with E-state index in [9.17, 15) is 0 Å². The molecule has 142 valence electrons. The lowest BCUT2D eigenvalue weighted by molar-refractivity contribution is 0.185. The van der Waals surface area contributed by atoms with Gasteiger partial charge in [-0.05, 0) is 63.7 Å². The number of nitrogens with zero attached hydrogens (tertiary/aromatic N) is 2. The molecule has 0 aromatic heterocycles. The summed E-state index contributed by atoms with van der Waals surface area (Å²) < 4.78 is 0. The fourth-order valence-electron chi connectivity index (χ4n) is 3.06. The summed E-state index contributed by atoms with van der Waals surface area (Å²) in [4.78, 5) is 6.91. The van der Waals surface area contributed by atoms with Crippen LogP contribution < -0.4 is 10.6 Å². The van der Waals surface area contributed by atoms with Crippen LogP contribution in [0.25, 0.3) is 0 Å². The molecule has 1 saturated heterocycles. The first-order valence-corrected chi connectivity index (χ1v) is 9.15. The highest BCUT2D eigenvalue weighted by atomic mass is 127. The van der Waals surface area contributed by atoms with Gasteiger partial charge in [0.05, 0.1) is 0 Å². The van der Waals surface area contributed by atoms with Crippen molar-refractivity contribution in [3.8, 4) is 0 Å². The predicted molar refractivity (Wildman–Crippen MR) is 119 cm³/mol. The predicted octanol–water partition coefficient (Wildman–Crippen LogP) is 4.00. The second-order valence-electron chi connectivity index (χ2n) is 8.03. The Kier molecular flexibility index (Phi) is 9.21. The fourth-order valence-corrected chi connectivity index (χ4v) is 3.06. The molecule has 0 spiro atoms. The quantitative estimate of drug-likeness (QED) is 0.407. The minimum atomic E-state index is 0. The van der Waals surface area contributed by atoms with E-state index in [-0.39, 0.29) is 29.5 Å². The zero-order valence-corrected chi connectivity index (χ0v) is 18.8. The molecular formula is C20H35IN4. The Morgan fingerprint density at radius 1 is 1.16 bits per heavy atom. The Morgan fingerprint density at radius 2 is 1.76 bits per heavy atom. The third kappa shape index (κ3) is 7.94. The molecule has 4 nitrogen and oxygen atoms in total. The van der Waals surface area contributed by atoms with Gasteiger partial charge in [0.15, 0.2) is 5.96 Å². The second kappa shape index (κ2) is 10.4. The lowest BCUT2D eigenvalue weighted by Crippen LogP contribution is -2.47. The van der Waals surface area contributed by atoms with Gasteiger partial charge in [-0.1, -0.05) is 31.2 Å². The van der Waals surface area contributed by atoms with Gasteiger partial charge in [0.1, 0.15) is 0 Å². The number of aliphatic imine (C=N–C) groups is 1. The Labute approximate surface area is 170 Å². The van der Waals surface area contributed by atoms with Crippen molar-refractivity contribution >= 4 is 29.9 Å². The van der Waals surface area contributed by atoms with Crippen LogP contribution in [-0.4, -0.2) is 36.5 Å². The van der Waals surface area contributed by atoms with Gasteiger partial charge in [0.25, 0.3) is 0 Å². The lowest BCUT2D eigenvalue weighted by Gasteiger charge is -2.31. The largest absolute Gasteiger partial charge is 0.352 e. The average Bonchev–Trinajstić information content (AvgIpc) is 2.53. The Bertz CT molecular complexity index is 543. The lowest BCUT2D eigenvalue weighted by atomic mass is 9.98. The van der Waals surface area contributed by atoms with E-state index in [0.29, 0.717) is 0 Å². The van der Waals surface area contributed by atoms with Crippen LogP contribution in [0.15, 0.2) is 29.3 Å². The molecule has 0 unspecified atom stereocenters. The van der Waals surface area contributed by atoms with Crippen molar-refractivity contribution in [3.63, 3.8) is 0 Å². The van der Waals surface area contributed by atoms with E-state index in [1.165, 1.54) is 37.1 Å². The number of benzene rings is 1. The summed E-state index contributed by atoms with van der Waals surface area (Å²) in [6, 6.07) is 8.75. The van der Waals surface area contributed by atoms with E-state index < -0.39 is 0 Å². The van der Waals surface area contributed by atoms with E-state index in [0.717, 1.165) is 25.0 Å². The first-order chi connectivity index (χ1) is 11.4. The zero-order valence-electron chi connectivity index (χ0n) is 16.4. The number of nitrogens with one attached hydrogen (secondary N) is 2. The molecule has 0 atom stereocenters. The smallest absolute Gasteiger partial charge is 0.191 e. The van der Waals surface area contributed by atoms with Crippen LogP contribution in [0.4, 0.5) is 0 Å². The first-order valence-electron chi connectivity index (χ1n) is 9.15. The standard InChI is InChI=1S/C20H34N4.HI/c1-16-10-12-24(13-11-16)15-18-9-7-6-8-17(18)14-22-19(21-5)23-20(2,3)4;/h6-9,16H,10-15H2,1-5H3,(H2,21,22,23);1H. The maximum atomic E-state index is 4.33. The fraction of sp³-hybridized carbons (Fsp3) is 0.650. The van der Waals surface area contributed by atoms with E-state index in [1.807, 2.05) is 7.05 Å². The van der Waals surface area contributed by atoms with Crippen LogP contribution >= 0.6 is 24.0 Å². The summed E-state index contributed by atoms with van der Waals surface area (Å²) in [6.07, 6.45) is 2.64. The van der Waals surface area contributed by atoms with Crippen LogP contribution in [0.5, 0.6) is 0 Å². The van der Waals surface area contributed by atoms with Gasteiger partial charge in [-0.2, -0.15) is 0 Å². The number of likely N-dealkylation sites (tertiary alicyclic amines) is 1. The van der Waals surface area contributed by atoms with E-state index >= 15 is 0 Å². The molecule has 0 aliphatic carbocycles. The molecular weight excluding hydrogens is 423 g/mol. The number of rotatable bonds is 4. The molecule has 1 fully saturated rings. The van der Waals surface area contributed by atoms with E-state index in [2.05, 4.69) is 72.5 Å². The number of piperidine rings is 1. The van der Waals surface area contributed by atoms with Gasteiger partial charge in [0, 0.05) is 25.7 Å². The van der Waals surface area contributed by atoms with Crippen molar-refractivity contribution in [2.24, 2.45) is 10.9 Å². The third-order valence-electron chi connectivity index (χ3n) is 4.55. The number of hydrogen-bond acceptors (Lipinski definition) is 2. The maximum absolute atomic E-state index is 4.33. The summed E-state index contributed by atoms with van der Waals surface area (Å²) in [5, 5.41) is 6.86. The summed E-state index contributed by atoms with van der Waals surface area (Å²) >= 11 is 0. The SMILES string of the molecule is CN=C(NCc1ccccc1CN1CCC(C)CC1)NC(C)(C)C.I. The minimum Gasteiger partial charge on any atom is -0.352 e. The number of halogens is 1. The number of hydrogen-bond donors (Lipinski definition) is 2. The van der Waals surface area contributed by atoms with Crippen molar-refractivity contribution in [3.05, 3.63) is 35.4 Å². The average molecular weight is 458 g/mol. The summed E-state index contributed by atoms with van der Waals surface area (Å²) in [5.74, 6) is 1.73. The van der Waals surface area contributed by atoms with Crippen molar-refractivity contribution in [2.45, 2.75) is 59.2 Å². The van der Waals surface area contributed by atoms with Gasteiger partial charge in [-0.25, -0.2) is 0 Å². The molecule has 1 aliphatic heterocycles. The third-order valence-corrected chi connectivity index (χ3v) is 4.55. The van der Waals surface area contributed by atoms with Crippen molar-refractivity contribution in [2.75, 3.05) is 20.1 Å². The molecule has 2 N–H and O–H groups in total. The highest BCUT2D eigenvalue weighted by molar-refractivity contribution is 14.0. The Balaban J connectivity index is 0.00000312. The second-order valence-corrected chi connectivity index (χ2v) is 8.03. The Morgan fingerprint density at radius 3 is 2.32 bits per heavy atom. The van der Waals surface area contributed by atoms with Crippen molar-refractivity contribution in [1.29, 1.82) is 0 Å². The number of guanidine groups is 1. The van der Waals surface area contributed by atoms with Crippen LogP contribution in [0, 0.1) is 5.92 Å². The molecule has 1 aromatic carbocycles. The summed E-state index contributed by atoms with van der Waals surface area (Å²) in [6.45, 7) is 13.1. The van der Waals surface area contributed by atoms with Crippen molar-refractivity contribution in [1.82, 2.24) is 15.5 Å². The molecule has 1 heterocycles. The van der Waals surface area contributed by atoms with E-state index in [4.69, 9.17) is 0 Å². The topological polar surface area (TPSA) is 39.7 Å². The summed E-state index contributed by atoms with van der Waals surface area (Å²) in [7, 11) is 1.82. The van der Waals surface area contributed by atoms with Crippen LogP contribution in [0.3, 0.4) is 0 Å². The molecule has 5 heteroatoms. The molecule has 1 aliphatic rings. The van der Waals surface area contributed by atoms with Crippen LogP contribution in [0.2, 0.25) is 0 Å². The summed E-state index contributed by atoms with van der Waals surface area (Å²) in [5.41, 5.74) is 2.78. The highest BCUT2D eigenvalue weighted by Crippen LogP contribution is 2.19. The molecule has 25 heavy (non-hydrogen) atoms.